The van der Waals surface area contributed by atoms with Crippen molar-refractivity contribution in [1.29, 1.82) is 0 Å². The number of hydrogen-bond acceptors (Lipinski definition) is 8. The summed E-state index contributed by atoms with van der Waals surface area (Å²) in [6.07, 6.45) is -1.28. The molecule has 2 amide bonds. The van der Waals surface area contributed by atoms with Gasteiger partial charge in [-0.05, 0) is 44.7 Å². The molecular formula is C28H37NO8. The van der Waals surface area contributed by atoms with Gasteiger partial charge in [-0.2, -0.15) is 0 Å². The highest BCUT2D eigenvalue weighted by Crippen LogP contribution is 2.35. The zero-order chi connectivity index (χ0) is 27.3. The number of Topliss-reactive ketones (excluding diaryl/α,β-unsaturated/α-hetero) is 1. The van der Waals surface area contributed by atoms with Crippen LogP contribution in [0.4, 0.5) is 4.79 Å². The van der Waals surface area contributed by atoms with Gasteiger partial charge in [-0.15, -0.1) is 0 Å². The van der Waals surface area contributed by atoms with Crippen LogP contribution in [0.3, 0.4) is 0 Å². The molecule has 1 aliphatic heterocycles. The number of imide groups is 1. The fourth-order valence-corrected chi connectivity index (χ4v) is 4.96. The van der Waals surface area contributed by atoms with Gasteiger partial charge in [0.2, 0.25) is 11.9 Å². The van der Waals surface area contributed by atoms with Crippen molar-refractivity contribution in [3.05, 3.63) is 47.4 Å². The number of ether oxygens (including phenoxy) is 3. The monoisotopic (exact) mass is 515 g/mol. The molecule has 0 radical (unpaired) electrons. The fourth-order valence-electron chi connectivity index (χ4n) is 4.96. The molecule has 1 aromatic heterocycles. The Bertz CT molecular complexity index is 1120. The summed E-state index contributed by atoms with van der Waals surface area (Å²) in [5.41, 5.74) is 1.75. The Labute approximate surface area is 217 Å². The van der Waals surface area contributed by atoms with Gasteiger partial charge >= 0.3 is 6.09 Å². The molecule has 1 N–H and O–H groups in total. The minimum absolute atomic E-state index is 0.0316. The van der Waals surface area contributed by atoms with Gasteiger partial charge in [0.15, 0.2) is 5.76 Å². The maximum Gasteiger partial charge on any atom is 0.417 e. The summed E-state index contributed by atoms with van der Waals surface area (Å²) in [4.78, 5) is 40.7. The lowest BCUT2D eigenvalue weighted by molar-refractivity contribution is -0.138. The average molecular weight is 516 g/mol. The third kappa shape index (κ3) is 6.29. The van der Waals surface area contributed by atoms with Crippen LogP contribution in [0.1, 0.15) is 56.0 Å². The third-order valence-electron chi connectivity index (χ3n) is 6.41. The number of benzene rings is 1. The van der Waals surface area contributed by atoms with Crippen LogP contribution < -0.4 is 0 Å². The van der Waals surface area contributed by atoms with Gasteiger partial charge in [-0.1, -0.05) is 43.7 Å². The Morgan fingerprint density at radius 2 is 1.92 bits per heavy atom. The van der Waals surface area contributed by atoms with E-state index in [0.717, 1.165) is 21.6 Å². The molecule has 2 unspecified atom stereocenters. The molecule has 0 aliphatic carbocycles. The number of cyclic esters (lactones) is 1. The van der Waals surface area contributed by atoms with Crippen molar-refractivity contribution in [2.75, 3.05) is 26.9 Å². The van der Waals surface area contributed by atoms with E-state index in [2.05, 4.69) is 0 Å². The average Bonchev–Trinajstić information content (AvgIpc) is 3.36. The van der Waals surface area contributed by atoms with Gasteiger partial charge < -0.3 is 23.7 Å². The third-order valence-corrected chi connectivity index (χ3v) is 6.41. The maximum atomic E-state index is 13.5. The van der Waals surface area contributed by atoms with E-state index in [9.17, 15) is 14.4 Å². The van der Waals surface area contributed by atoms with Gasteiger partial charge in [-0.25, -0.2) is 9.69 Å². The SMILES string of the molecule is COC(C(=O)c1cc(-c2cccc(C)c2)c(CCCOCCO)o1)C(=O)N1C(=O)OC(C)(C)C1C(C)C. The zero-order valence-electron chi connectivity index (χ0n) is 22.4. The molecule has 0 spiro atoms. The molecule has 1 saturated heterocycles. The first-order valence-electron chi connectivity index (χ1n) is 12.5. The lowest BCUT2D eigenvalue weighted by atomic mass is 9.88. The first kappa shape index (κ1) is 28.6. The normalized spacial score (nSPS) is 17.8. The number of aryl methyl sites for hydroxylation is 2. The van der Waals surface area contributed by atoms with Crippen LogP contribution in [0.15, 0.2) is 34.7 Å². The van der Waals surface area contributed by atoms with Crippen LogP contribution >= 0.6 is 0 Å². The van der Waals surface area contributed by atoms with Gasteiger partial charge in [-0.3, -0.25) is 9.59 Å². The molecule has 37 heavy (non-hydrogen) atoms. The highest BCUT2D eigenvalue weighted by atomic mass is 16.6. The second-order valence-electron chi connectivity index (χ2n) is 10.1. The number of amides is 2. The van der Waals surface area contributed by atoms with E-state index in [1.54, 1.807) is 19.9 Å². The van der Waals surface area contributed by atoms with E-state index in [0.29, 0.717) is 25.2 Å². The van der Waals surface area contributed by atoms with E-state index in [4.69, 9.17) is 23.7 Å². The van der Waals surface area contributed by atoms with Gasteiger partial charge in [0.05, 0.1) is 19.3 Å². The molecule has 2 atom stereocenters. The second kappa shape index (κ2) is 12.0. The zero-order valence-corrected chi connectivity index (χ0v) is 22.4. The number of aliphatic hydroxyl groups is 1. The summed E-state index contributed by atoms with van der Waals surface area (Å²) >= 11 is 0. The summed E-state index contributed by atoms with van der Waals surface area (Å²) in [5, 5.41) is 8.90. The molecule has 2 aromatic rings. The Kier molecular flexibility index (Phi) is 9.28. The van der Waals surface area contributed by atoms with Crippen LogP contribution in [0, 0.1) is 12.8 Å². The summed E-state index contributed by atoms with van der Waals surface area (Å²) in [6, 6.07) is 8.85. The lowest BCUT2D eigenvalue weighted by Crippen LogP contribution is -2.53. The van der Waals surface area contributed by atoms with E-state index in [1.165, 1.54) is 7.11 Å². The standard InChI is InChI=1S/C28H37NO8/c1-17(2)25-28(4,5)37-27(33)29(25)26(32)24(34-6)23(31)22-16-20(19-10-7-9-18(3)15-19)21(36-22)11-8-13-35-14-12-30/h7,9-10,15-17,24-25,30H,8,11-14H2,1-6H3. The number of methoxy groups -OCH3 is 1. The number of nitrogens with zero attached hydrogens (tertiary/aromatic N) is 1. The molecule has 1 aliphatic rings. The van der Waals surface area contributed by atoms with Crippen molar-refractivity contribution in [1.82, 2.24) is 4.90 Å². The molecule has 1 fully saturated rings. The van der Waals surface area contributed by atoms with Crippen LogP contribution in [0.5, 0.6) is 0 Å². The number of furan rings is 1. The number of ketones is 1. The number of carbonyl (C=O) groups excluding carboxylic acids is 3. The predicted octanol–water partition coefficient (Wildman–Crippen LogP) is 4.18. The maximum absolute atomic E-state index is 13.5. The van der Waals surface area contributed by atoms with Gasteiger partial charge in [0, 0.05) is 25.7 Å². The molecule has 2 heterocycles. The Morgan fingerprint density at radius 1 is 1.19 bits per heavy atom. The molecule has 9 nitrogen and oxygen atoms in total. The van der Waals surface area contributed by atoms with Crippen LogP contribution in [0.25, 0.3) is 11.1 Å². The van der Waals surface area contributed by atoms with Crippen LogP contribution in [-0.2, 0) is 25.4 Å². The molecular weight excluding hydrogens is 478 g/mol. The quantitative estimate of drug-likeness (QED) is 0.254. The lowest BCUT2D eigenvalue weighted by Gasteiger charge is -2.31. The molecule has 1 aromatic carbocycles. The number of rotatable bonds is 12. The fraction of sp³-hybridized carbons (Fsp3) is 0.536. The molecule has 9 heteroatoms. The Hall–Kier alpha value is -3.01. The smallest absolute Gasteiger partial charge is 0.417 e. The predicted molar refractivity (Wildman–Crippen MR) is 136 cm³/mol. The second-order valence-corrected chi connectivity index (χ2v) is 10.1. The van der Waals surface area contributed by atoms with Crippen molar-refractivity contribution in [2.45, 2.75) is 65.2 Å². The number of carbonyl (C=O) groups is 3. The first-order chi connectivity index (χ1) is 17.5. The first-order valence-corrected chi connectivity index (χ1v) is 12.5. The summed E-state index contributed by atoms with van der Waals surface area (Å²) in [5.74, 6) is -1.02. The highest BCUT2D eigenvalue weighted by molar-refractivity contribution is 6.14. The van der Waals surface area contributed by atoms with E-state index in [-0.39, 0.29) is 24.9 Å². The minimum atomic E-state index is -1.57. The largest absolute Gasteiger partial charge is 0.457 e. The van der Waals surface area contributed by atoms with Crippen molar-refractivity contribution in [2.24, 2.45) is 5.92 Å². The summed E-state index contributed by atoms with van der Waals surface area (Å²) in [7, 11) is 1.25. The molecule has 0 bridgehead atoms. The van der Waals surface area contributed by atoms with Crippen LogP contribution in [-0.4, -0.2) is 72.5 Å². The van der Waals surface area contributed by atoms with Crippen LogP contribution in [0.2, 0.25) is 0 Å². The topological polar surface area (TPSA) is 116 Å². The number of hydrogen-bond donors (Lipinski definition) is 1. The highest BCUT2D eigenvalue weighted by Gasteiger charge is 2.54. The van der Waals surface area contributed by atoms with E-state index >= 15 is 0 Å². The van der Waals surface area contributed by atoms with Crippen molar-refractivity contribution in [3.8, 4) is 11.1 Å². The molecule has 0 saturated carbocycles. The van der Waals surface area contributed by atoms with Crippen molar-refractivity contribution >= 4 is 17.8 Å². The number of aliphatic hydroxyl groups excluding tert-OH is 1. The molecule has 202 valence electrons. The summed E-state index contributed by atoms with van der Waals surface area (Å²) in [6.45, 7) is 9.83. The van der Waals surface area contributed by atoms with Gasteiger partial charge in [0.1, 0.15) is 11.4 Å². The Balaban J connectivity index is 1.92. The molecule has 3 rings (SSSR count). The minimum Gasteiger partial charge on any atom is -0.457 e. The van der Waals surface area contributed by atoms with Crippen molar-refractivity contribution < 1.29 is 38.1 Å². The van der Waals surface area contributed by atoms with Crippen molar-refractivity contribution in [3.63, 3.8) is 0 Å². The van der Waals surface area contributed by atoms with Gasteiger partial charge in [0.25, 0.3) is 5.91 Å². The van der Waals surface area contributed by atoms with E-state index < -0.39 is 35.5 Å². The van der Waals surface area contributed by atoms with E-state index in [1.807, 2.05) is 45.0 Å². The summed E-state index contributed by atoms with van der Waals surface area (Å²) < 4.78 is 22.1. The Morgan fingerprint density at radius 3 is 2.54 bits per heavy atom.